The number of carbonyl (C=O) groups excluding carboxylic acids is 1. The van der Waals surface area contributed by atoms with Crippen molar-refractivity contribution in [3.63, 3.8) is 0 Å². The summed E-state index contributed by atoms with van der Waals surface area (Å²) in [5.41, 5.74) is 0.0331. The van der Waals surface area contributed by atoms with Crippen LogP contribution in [0.15, 0.2) is 18.2 Å². The molecule has 2 rings (SSSR count). The van der Waals surface area contributed by atoms with Crippen LogP contribution in [0.3, 0.4) is 0 Å². The molecule has 3 nitrogen and oxygen atoms in total. The number of halogens is 2. The summed E-state index contributed by atoms with van der Waals surface area (Å²) in [6, 6.07) is 4.02. The Morgan fingerprint density at radius 1 is 1.41 bits per heavy atom. The Morgan fingerprint density at radius 2 is 2.06 bits per heavy atom. The van der Waals surface area contributed by atoms with Gasteiger partial charge in [-0.25, -0.2) is 4.39 Å². The van der Waals surface area contributed by atoms with Gasteiger partial charge >= 0.3 is 0 Å². The van der Waals surface area contributed by atoms with Crippen molar-refractivity contribution in [2.75, 3.05) is 13.1 Å². The first kappa shape index (κ1) is 12.3. The van der Waals surface area contributed by atoms with Crippen molar-refractivity contribution in [3.05, 3.63) is 34.6 Å². The summed E-state index contributed by atoms with van der Waals surface area (Å²) in [6.45, 7) is 0.921. The molecule has 1 N–H and O–H groups in total. The number of benzene rings is 1. The highest BCUT2D eigenvalue weighted by Gasteiger charge is 2.24. The number of amides is 1. The zero-order chi connectivity index (χ0) is 12.4. The zero-order valence-electron chi connectivity index (χ0n) is 9.20. The topological polar surface area (TPSA) is 40.5 Å². The van der Waals surface area contributed by atoms with Crippen LogP contribution in [0, 0.1) is 5.82 Å². The quantitative estimate of drug-likeness (QED) is 0.837. The van der Waals surface area contributed by atoms with Crippen molar-refractivity contribution in [3.8, 4) is 0 Å². The van der Waals surface area contributed by atoms with Crippen molar-refractivity contribution >= 4 is 17.5 Å². The molecule has 0 bridgehead atoms. The molecule has 1 aliphatic heterocycles. The van der Waals surface area contributed by atoms with E-state index < -0.39 is 5.82 Å². The predicted octanol–water partition coefficient (Wildman–Crippen LogP) is 2.08. The van der Waals surface area contributed by atoms with Gasteiger partial charge in [-0.1, -0.05) is 11.6 Å². The van der Waals surface area contributed by atoms with Crippen LogP contribution in [0.25, 0.3) is 0 Å². The summed E-state index contributed by atoms with van der Waals surface area (Å²) in [4.78, 5) is 13.6. The molecule has 1 fully saturated rings. The fraction of sp³-hybridized carbons (Fsp3) is 0.417. The molecule has 17 heavy (non-hydrogen) atoms. The third kappa shape index (κ3) is 2.76. The minimum absolute atomic E-state index is 0.0331. The Hall–Kier alpha value is -1.13. The molecule has 1 heterocycles. The number of hydrogen-bond donors (Lipinski definition) is 1. The van der Waals surface area contributed by atoms with E-state index >= 15 is 0 Å². The molecular weight excluding hydrogens is 245 g/mol. The van der Waals surface area contributed by atoms with E-state index in [0.717, 1.165) is 6.07 Å². The van der Waals surface area contributed by atoms with E-state index in [0.29, 0.717) is 25.9 Å². The number of hydrogen-bond acceptors (Lipinski definition) is 2. The molecular formula is C12H13ClFNO2. The van der Waals surface area contributed by atoms with E-state index in [4.69, 9.17) is 11.6 Å². The number of aliphatic hydroxyl groups is 1. The van der Waals surface area contributed by atoms with Crippen LogP contribution in [-0.4, -0.2) is 35.1 Å². The SMILES string of the molecule is O=C(c1ccc(Cl)cc1F)N1CCC(O)CC1. The Morgan fingerprint density at radius 3 is 2.65 bits per heavy atom. The Labute approximate surface area is 104 Å². The van der Waals surface area contributed by atoms with Gasteiger partial charge in [0.05, 0.1) is 11.7 Å². The van der Waals surface area contributed by atoms with Crippen LogP contribution in [0.4, 0.5) is 4.39 Å². The Balaban J connectivity index is 2.14. The summed E-state index contributed by atoms with van der Waals surface area (Å²) in [7, 11) is 0. The molecule has 0 aromatic heterocycles. The summed E-state index contributed by atoms with van der Waals surface area (Å²) in [5.74, 6) is -0.945. The Kier molecular flexibility index (Phi) is 3.64. The second-order valence-electron chi connectivity index (χ2n) is 4.15. The maximum Gasteiger partial charge on any atom is 0.256 e. The normalized spacial score (nSPS) is 17.2. The van der Waals surface area contributed by atoms with E-state index in [1.807, 2.05) is 0 Å². The van der Waals surface area contributed by atoms with Gasteiger partial charge in [-0.15, -0.1) is 0 Å². The van der Waals surface area contributed by atoms with Crippen LogP contribution in [-0.2, 0) is 0 Å². The van der Waals surface area contributed by atoms with Gasteiger partial charge in [0.1, 0.15) is 5.82 Å². The van der Waals surface area contributed by atoms with Gasteiger partial charge in [0.2, 0.25) is 0 Å². The maximum atomic E-state index is 13.6. The standard InChI is InChI=1S/C12H13ClFNO2/c13-8-1-2-10(11(14)7-8)12(17)15-5-3-9(16)4-6-15/h1-2,7,9,16H,3-6H2. The first-order valence-corrected chi connectivity index (χ1v) is 5.88. The van der Waals surface area contributed by atoms with Gasteiger partial charge in [0.15, 0.2) is 0 Å². The predicted molar refractivity (Wildman–Crippen MR) is 62.6 cm³/mol. The number of likely N-dealkylation sites (tertiary alicyclic amines) is 1. The highest BCUT2D eigenvalue weighted by atomic mass is 35.5. The van der Waals surface area contributed by atoms with E-state index in [-0.39, 0.29) is 22.6 Å². The lowest BCUT2D eigenvalue weighted by molar-refractivity contribution is 0.0543. The van der Waals surface area contributed by atoms with Crippen molar-refractivity contribution in [2.24, 2.45) is 0 Å². The first-order chi connectivity index (χ1) is 8.08. The van der Waals surface area contributed by atoms with Crippen LogP contribution >= 0.6 is 11.6 Å². The van der Waals surface area contributed by atoms with Crippen LogP contribution < -0.4 is 0 Å². The fourth-order valence-electron chi connectivity index (χ4n) is 1.90. The number of rotatable bonds is 1. The molecule has 0 atom stereocenters. The van der Waals surface area contributed by atoms with Crippen LogP contribution in [0.1, 0.15) is 23.2 Å². The third-order valence-corrected chi connectivity index (χ3v) is 3.15. The molecule has 1 aromatic carbocycles. The fourth-order valence-corrected chi connectivity index (χ4v) is 2.06. The van der Waals surface area contributed by atoms with Crippen LogP contribution in [0.2, 0.25) is 5.02 Å². The minimum atomic E-state index is -0.603. The lowest BCUT2D eigenvalue weighted by Gasteiger charge is -2.29. The third-order valence-electron chi connectivity index (χ3n) is 2.91. The highest BCUT2D eigenvalue weighted by molar-refractivity contribution is 6.30. The Bertz CT molecular complexity index is 431. The van der Waals surface area contributed by atoms with E-state index in [1.165, 1.54) is 12.1 Å². The smallest absolute Gasteiger partial charge is 0.256 e. The molecule has 1 aliphatic rings. The minimum Gasteiger partial charge on any atom is -0.393 e. The molecule has 1 saturated heterocycles. The maximum absolute atomic E-state index is 13.6. The average molecular weight is 258 g/mol. The van der Waals surface area contributed by atoms with Gasteiger partial charge in [-0.05, 0) is 31.0 Å². The summed E-state index contributed by atoms with van der Waals surface area (Å²) in [6.07, 6.45) is 0.733. The van der Waals surface area contributed by atoms with E-state index in [9.17, 15) is 14.3 Å². The van der Waals surface area contributed by atoms with Crippen molar-refractivity contribution < 1.29 is 14.3 Å². The highest BCUT2D eigenvalue weighted by Crippen LogP contribution is 2.18. The van der Waals surface area contributed by atoms with Gasteiger partial charge in [0.25, 0.3) is 5.91 Å². The largest absolute Gasteiger partial charge is 0.393 e. The molecule has 0 radical (unpaired) electrons. The monoisotopic (exact) mass is 257 g/mol. The van der Waals surface area contributed by atoms with Crippen molar-refractivity contribution in [1.29, 1.82) is 0 Å². The van der Waals surface area contributed by atoms with Crippen molar-refractivity contribution in [2.45, 2.75) is 18.9 Å². The lowest BCUT2D eigenvalue weighted by atomic mass is 10.1. The molecule has 0 spiro atoms. The molecule has 0 aliphatic carbocycles. The van der Waals surface area contributed by atoms with Gasteiger partial charge in [-0.2, -0.15) is 0 Å². The van der Waals surface area contributed by atoms with Crippen LogP contribution in [0.5, 0.6) is 0 Å². The molecule has 92 valence electrons. The molecule has 5 heteroatoms. The van der Waals surface area contributed by atoms with Gasteiger partial charge < -0.3 is 10.0 Å². The summed E-state index contributed by atoms with van der Waals surface area (Å²) >= 11 is 5.63. The second-order valence-corrected chi connectivity index (χ2v) is 4.58. The number of piperidine rings is 1. The van der Waals surface area contributed by atoms with Crippen molar-refractivity contribution in [1.82, 2.24) is 4.90 Å². The summed E-state index contributed by atoms with van der Waals surface area (Å²) < 4.78 is 13.6. The molecule has 0 unspecified atom stereocenters. The summed E-state index contributed by atoms with van der Waals surface area (Å²) in [5, 5.41) is 9.61. The molecule has 1 aromatic rings. The number of nitrogens with zero attached hydrogens (tertiary/aromatic N) is 1. The van der Waals surface area contributed by atoms with E-state index in [2.05, 4.69) is 0 Å². The van der Waals surface area contributed by atoms with Gasteiger partial charge in [-0.3, -0.25) is 4.79 Å². The first-order valence-electron chi connectivity index (χ1n) is 5.50. The molecule has 0 saturated carbocycles. The van der Waals surface area contributed by atoms with Gasteiger partial charge in [0, 0.05) is 18.1 Å². The lowest BCUT2D eigenvalue weighted by Crippen LogP contribution is -2.40. The average Bonchev–Trinajstić information content (AvgIpc) is 2.29. The second kappa shape index (κ2) is 5.02. The zero-order valence-corrected chi connectivity index (χ0v) is 9.95. The molecule has 1 amide bonds. The number of aliphatic hydroxyl groups excluding tert-OH is 1. The number of carbonyl (C=O) groups is 1. The van der Waals surface area contributed by atoms with E-state index in [1.54, 1.807) is 4.90 Å².